The molecule has 1 aromatic heterocycles. The van der Waals surface area contributed by atoms with Crippen LogP contribution in [0.25, 0.3) is 0 Å². The van der Waals surface area contributed by atoms with Gasteiger partial charge in [-0.05, 0) is 37.1 Å². The summed E-state index contributed by atoms with van der Waals surface area (Å²) in [4.78, 5) is 2.58. The van der Waals surface area contributed by atoms with Gasteiger partial charge in [0.1, 0.15) is 17.2 Å². The molecule has 2 saturated heterocycles. The first-order valence-corrected chi connectivity index (χ1v) is 9.98. The van der Waals surface area contributed by atoms with E-state index in [0.29, 0.717) is 23.9 Å². The lowest BCUT2D eigenvalue weighted by Crippen LogP contribution is -2.33. The van der Waals surface area contributed by atoms with Gasteiger partial charge in [0.15, 0.2) is 0 Å². The Labute approximate surface area is 161 Å². The molecule has 0 radical (unpaired) electrons. The fourth-order valence-electron chi connectivity index (χ4n) is 4.29. The van der Waals surface area contributed by atoms with Gasteiger partial charge in [-0.3, -0.25) is 10.3 Å². The molecule has 0 spiro atoms. The average Bonchev–Trinajstić information content (AvgIpc) is 3.42. The van der Waals surface area contributed by atoms with E-state index >= 15 is 0 Å². The minimum absolute atomic E-state index is 0.306. The van der Waals surface area contributed by atoms with Crippen LogP contribution in [0.5, 0.6) is 5.75 Å². The lowest BCUT2D eigenvalue weighted by Gasteiger charge is -2.28. The van der Waals surface area contributed by atoms with Crippen molar-refractivity contribution in [2.24, 2.45) is 5.92 Å². The molecule has 2 N–H and O–H groups in total. The number of nitrogens with one attached hydrogen (secondary N) is 2. The van der Waals surface area contributed by atoms with Crippen molar-refractivity contribution in [3.63, 3.8) is 0 Å². The summed E-state index contributed by atoms with van der Waals surface area (Å²) in [5.41, 5.74) is 9.20. The Balaban J connectivity index is 1.46. The van der Waals surface area contributed by atoms with Crippen molar-refractivity contribution in [3.05, 3.63) is 47.3 Å². The second kappa shape index (κ2) is 8.00. The lowest BCUT2D eigenvalue weighted by molar-refractivity contribution is 0.203. The lowest BCUT2D eigenvalue weighted by atomic mass is 9.94. The standard InChI is InChI=1S/C21H30N4O2/c1-14(2)20-11-18(24-27-20)19-5-4-10-25(19)13-16-12-22-23-21(16)15-6-8-17(26-3)9-7-15/h6-9,11,14,16,19,21-23H,4-5,10,12-13H2,1-3H3. The Kier molecular flexibility index (Phi) is 5.48. The molecule has 0 amide bonds. The summed E-state index contributed by atoms with van der Waals surface area (Å²) in [6.07, 6.45) is 2.38. The maximum Gasteiger partial charge on any atom is 0.139 e. The van der Waals surface area contributed by atoms with E-state index in [9.17, 15) is 0 Å². The first kappa shape index (κ1) is 18.5. The SMILES string of the molecule is COc1ccc(C2NNCC2CN2CCCC2c2cc(C(C)C)on2)cc1. The normalized spacial score (nSPS) is 26.1. The topological polar surface area (TPSA) is 62.6 Å². The van der Waals surface area contributed by atoms with Crippen LogP contribution in [0.2, 0.25) is 0 Å². The zero-order valence-electron chi connectivity index (χ0n) is 16.4. The molecule has 0 saturated carbocycles. The number of ether oxygens (including phenoxy) is 1. The van der Waals surface area contributed by atoms with Crippen molar-refractivity contribution < 1.29 is 9.26 Å². The van der Waals surface area contributed by atoms with E-state index in [1.165, 1.54) is 12.0 Å². The summed E-state index contributed by atoms with van der Waals surface area (Å²) in [7, 11) is 1.70. The summed E-state index contributed by atoms with van der Waals surface area (Å²) in [5, 5.41) is 4.38. The van der Waals surface area contributed by atoms with Gasteiger partial charge in [-0.25, -0.2) is 5.43 Å². The van der Waals surface area contributed by atoms with Gasteiger partial charge in [-0.2, -0.15) is 0 Å². The minimum atomic E-state index is 0.306. The number of benzene rings is 1. The van der Waals surface area contributed by atoms with Gasteiger partial charge in [0.25, 0.3) is 0 Å². The highest BCUT2D eigenvalue weighted by molar-refractivity contribution is 5.30. The number of hydrogen-bond acceptors (Lipinski definition) is 6. The molecule has 1 aromatic carbocycles. The van der Waals surface area contributed by atoms with E-state index in [1.807, 2.05) is 12.1 Å². The summed E-state index contributed by atoms with van der Waals surface area (Å²) in [6.45, 7) is 7.43. The molecule has 6 heteroatoms. The monoisotopic (exact) mass is 370 g/mol. The number of rotatable bonds is 6. The highest BCUT2D eigenvalue weighted by Crippen LogP contribution is 2.35. The maximum atomic E-state index is 5.56. The molecule has 146 valence electrons. The first-order valence-electron chi connectivity index (χ1n) is 9.98. The Hall–Kier alpha value is -1.89. The van der Waals surface area contributed by atoms with Gasteiger partial charge in [0.2, 0.25) is 0 Å². The second-order valence-electron chi connectivity index (χ2n) is 8.00. The third kappa shape index (κ3) is 3.88. The molecule has 0 bridgehead atoms. The molecule has 2 aliphatic heterocycles. The third-order valence-electron chi connectivity index (χ3n) is 5.86. The van der Waals surface area contributed by atoms with Gasteiger partial charge in [-0.15, -0.1) is 0 Å². The number of methoxy groups -OCH3 is 1. The molecule has 3 heterocycles. The predicted molar refractivity (Wildman–Crippen MR) is 105 cm³/mol. The Morgan fingerprint density at radius 1 is 1.30 bits per heavy atom. The van der Waals surface area contributed by atoms with E-state index < -0.39 is 0 Å². The maximum absolute atomic E-state index is 5.56. The zero-order valence-corrected chi connectivity index (χ0v) is 16.4. The fraction of sp³-hybridized carbons (Fsp3) is 0.571. The average molecular weight is 370 g/mol. The second-order valence-corrected chi connectivity index (χ2v) is 8.00. The number of hydrazine groups is 1. The Morgan fingerprint density at radius 3 is 2.81 bits per heavy atom. The minimum Gasteiger partial charge on any atom is -0.497 e. The van der Waals surface area contributed by atoms with E-state index in [4.69, 9.17) is 9.26 Å². The van der Waals surface area contributed by atoms with Crippen molar-refractivity contribution in [1.82, 2.24) is 20.9 Å². The molecule has 2 aliphatic rings. The van der Waals surface area contributed by atoms with Crippen LogP contribution in [0.3, 0.4) is 0 Å². The molecule has 2 aromatic rings. The van der Waals surface area contributed by atoms with Crippen LogP contribution in [-0.4, -0.2) is 36.8 Å². The van der Waals surface area contributed by atoms with E-state index in [0.717, 1.165) is 43.3 Å². The van der Waals surface area contributed by atoms with E-state index in [2.05, 4.69) is 53.0 Å². The van der Waals surface area contributed by atoms with Crippen molar-refractivity contribution >= 4 is 0 Å². The van der Waals surface area contributed by atoms with Crippen LogP contribution >= 0.6 is 0 Å². The van der Waals surface area contributed by atoms with Crippen molar-refractivity contribution in [2.75, 3.05) is 26.7 Å². The van der Waals surface area contributed by atoms with Gasteiger partial charge in [0, 0.05) is 31.0 Å². The quantitative estimate of drug-likeness (QED) is 0.813. The molecule has 4 rings (SSSR count). The molecule has 0 aliphatic carbocycles. The van der Waals surface area contributed by atoms with Gasteiger partial charge < -0.3 is 9.26 Å². The number of hydrogen-bond donors (Lipinski definition) is 2. The molecular weight excluding hydrogens is 340 g/mol. The van der Waals surface area contributed by atoms with Crippen LogP contribution in [-0.2, 0) is 0 Å². The highest BCUT2D eigenvalue weighted by Gasteiger charge is 2.35. The van der Waals surface area contributed by atoms with Crippen LogP contribution in [0.1, 0.15) is 61.7 Å². The predicted octanol–water partition coefficient (Wildman–Crippen LogP) is 3.41. The fourth-order valence-corrected chi connectivity index (χ4v) is 4.29. The van der Waals surface area contributed by atoms with Crippen LogP contribution in [0.4, 0.5) is 0 Å². The highest BCUT2D eigenvalue weighted by atomic mass is 16.5. The summed E-state index contributed by atoms with van der Waals surface area (Å²) in [5.74, 6) is 2.77. The Bertz CT molecular complexity index is 743. The van der Waals surface area contributed by atoms with Crippen molar-refractivity contribution in [3.8, 4) is 5.75 Å². The number of nitrogens with zero attached hydrogens (tertiary/aromatic N) is 2. The number of aromatic nitrogens is 1. The summed E-state index contributed by atoms with van der Waals surface area (Å²) in [6, 6.07) is 11.2. The van der Waals surface area contributed by atoms with Crippen LogP contribution in [0.15, 0.2) is 34.9 Å². The molecule has 3 atom stereocenters. The van der Waals surface area contributed by atoms with Crippen LogP contribution in [0, 0.1) is 5.92 Å². The van der Waals surface area contributed by atoms with Crippen LogP contribution < -0.4 is 15.6 Å². The third-order valence-corrected chi connectivity index (χ3v) is 5.86. The van der Waals surface area contributed by atoms with E-state index in [1.54, 1.807) is 7.11 Å². The zero-order chi connectivity index (χ0) is 18.8. The first-order chi connectivity index (χ1) is 13.2. The van der Waals surface area contributed by atoms with Gasteiger partial charge in [-0.1, -0.05) is 31.1 Å². The number of likely N-dealkylation sites (tertiary alicyclic amines) is 1. The Morgan fingerprint density at radius 2 is 2.11 bits per heavy atom. The van der Waals surface area contributed by atoms with Crippen molar-refractivity contribution in [2.45, 2.75) is 44.7 Å². The largest absolute Gasteiger partial charge is 0.497 e. The molecule has 27 heavy (non-hydrogen) atoms. The van der Waals surface area contributed by atoms with Crippen molar-refractivity contribution in [1.29, 1.82) is 0 Å². The molecule has 3 unspecified atom stereocenters. The van der Waals surface area contributed by atoms with E-state index in [-0.39, 0.29) is 0 Å². The smallest absolute Gasteiger partial charge is 0.139 e. The summed E-state index contributed by atoms with van der Waals surface area (Å²) < 4.78 is 10.8. The molecule has 6 nitrogen and oxygen atoms in total. The van der Waals surface area contributed by atoms with Gasteiger partial charge >= 0.3 is 0 Å². The molecule has 2 fully saturated rings. The molecular formula is C21H30N4O2. The summed E-state index contributed by atoms with van der Waals surface area (Å²) >= 11 is 0. The van der Waals surface area contributed by atoms with Gasteiger partial charge in [0.05, 0.1) is 19.2 Å².